The van der Waals surface area contributed by atoms with Gasteiger partial charge in [-0.15, -0.1) is 0 Å². The summed E-state index contributed by atoms with van der Waals surface area (Å²) >= 11 is 0. The van der Waals surface area contributed by atoms with E-state index in [-0.39, 0.29) is 17.0 Å². The van der Waals surface area contributed by atoms with E-state index >= 15 is 0 Å². The van der Waals surface area contributed by atoms with Gasteiger partial charge in [-0.3, -0.25) is 0 Å². The summed E-state index contributed by atoms with van der Waals surface area (Å²) in [5.74, 6) is -3.09. The van der Waals surface area contributed by atoms with E-state index in [1.807, 2.05) is 0 Å². The fourth-order valence-electron chi connectivity index (χ4n) is 0.828. The number of alkyl halides is 2. The van der Waals surface area contributed by atoms with E-state index in [2.05, 4.69) is 0 Å². The van der Waals surface area contributed by atoms with E-state index in [1.165, 1.54) is 0 Å². The van der Waals surface area contributed by atoms with Gasteiger partial charge in [0.25, 0.3) is 5.92 Å². The quantitative estimate of drug-likeness (QED) is 0.504. The Morgan fingerprint density at radius 1 is 1.42 bits per heavy atom. The Balaban J connectivity index is 3.14. The lowest BCUT2D eigenvalue weighted by atomic mass is 10.1. The van der Waals surface area contributed by atoms with E-state index in [4.69, 9.17) is 10.8 Å². The number of benzene rings is 1. The van der Waals surface area contributed by atoms with Gasteiger partial charge in [-0.1, -0.05) is 0 Å². The number of nitrogen functional groups attached to an aromatic ring is 1. The van der Waals surface area contributed by atoms with Crippen LogP contribution in [0.25, 0.3) is 0 Å². The van der Waals surface area contributed by atoms with Crippen molar-refractivity contribution in [2.24, 2.45) is 0 Å². The first-order valence-electron chi connectivity index (χ1n) is 3.38. The number of nitrogens with two attached hydrogens (primary N) is 1. The van der Waals surface area contributed by atoms with Crippen LogP contribution >= 0.6 is 0 Å². The maximum absolute atomic E-state index is 12.6. The Hall–Kier alpha value is -1.32. The largest absolute Gasteiger partial charge is 0.506 e. The molecule has 0 aromatic heterocycles. The van der Waals surface area contributed by atoms with Crippen LogP contribution < -0.4 is 5.73 Å². The molecule has 12 heavy (non-hydrogen) atoms. The summed E-state index contributed by atoms with van der Waals surface area (Å²) in [4.78, 5) is 0. The highest BCUT2D eigenvalue weighted by molar-refractivity contribution is 5.53. The smallest absolute Gasteiger partial charge is 0.270 e. The lowest BCUT2D eigenvalue weighted by Crippen LogP contribution is -2.07. The molecule has 4 heteroatoms. The fourth-order valence-corrected chi connectivity index (χ4v) is 0.828. The normalized spacial score (nSPS) is 11.6. The maximum atomic E-state index is 12.6. The molecule has 0 aliphatic rings. The first kappa shape index (κ1) is 8.77. The second-order valence-electron chi connectivity index (χ2n) is 2.66. The third-order valence-corrected chi connectivity index (χ3v) is 1.53. The van der Waals surface area contributed by atoms with Crippen LogP contribution in [0.5, 0.6) is 5.75 Å². The highest BCUT2D eigenvalue weighted by Crippen LogP contribution is 2.31. The predicted molar refractivity (Wildman–Crippen MR) is 42.1 cm³/mol. The summed E-state index contributed by atoms with van der Waals surface area (Å²) in [6.07, 6.45) is 0. The monoisotopic (exact) mass is 173 g/mol. The van der Waals surface area contributed by atoms with Crippen molar-refractivity contribution in [1.82, 2.24) is 0 Å². The Bertz CT molecular complexity index is 294. The zero-order chi connectivity index (χ0) is 9.35. The summed E-state index contributed by atoms with van der Waals surface area (Å²) in [7, 11) is 0. The van der Waals surface area contributed by atoms with Gasteiger partial charge in [0, 0.05) is 12.5 Å². The van der Waals surface area contributed by atoms with Gasteiger partial charge < -0.3 is 10.8 Å². The number of phenols is 1. The molecule has 0 saturated heterocycles. The molecule has 0 fully saturated rings. The van der Waals surface area contributed by atoms with Gasteiger partial charge in [0.1, 0.15) is 5.75 Å². The van der Waals surface area contributed by atoms with Crippen LogP contribution in [0, 0.1) is 0 Å². The molecule has 0 heterocycles. The van der Waals surface area contributed by atoms with Gasteiger partial charge in [-0.25, -0.2) is 8.78 Å². The number of hydrogen-bond acceptors (Lipinski definition) is 2. The van der Waals surface area contributed by atoms with Crippen LogP contribution in [-0.4, -0.2) is 5.11 Å². The summed E-state index contributed by atoms with van der Waals surface area (Å²) in [5, 5.41) is 8.94. The first-order valence-corrected chi connectivity index (χ1v) is 3.38. The van der Waals surface area contributed by atoms with Crippen LogP contribution in [-0.2, 0) is 5.92 Å². The third kappa shape index (κ3) is 1.64. The molecule has 0 bridgehead atoms. The minimum absolute atomic E-state index is 0.0333. The molecule has 0 unspecified atom stereocenters. The molecule has 0 spiro atoms. The second kappa shape index (κ2) is 2.62. The molecular formula is C8H9F2NO. The molecule has 1 rings (SSSR count). The molecule has 3 N–H and O–H groups in total. The minimum Gasteiger partial charge on any atom is -0.506 e. The summed E-state index contributed by atoms with van der Waals surface area (Å²) in [5.41, 5.74) is 5.00. The molecule has 0 radical (unpaired) electrons. The average molecular weight is 173 g/mol. The van der Waals surface area contributed by atoms with Crippen LogP contribution in [0.4, 0.5) is 14.5 Å². The number of anilines is 1. The summed E-state index contributed by atoms with van der Waals surface area (Å²) < 4.78 is 25.3. The highest BCUT2D eigenvalue weighted by Gasteiger charge is 2.24. The van der Waals surface area contributed by atoms with Crippen molar-refractivity contribution in [1.29, 1.82) is 0 Å². The third-order valence-electron chi connectivity index (χ3n) is 1.53. The molecule has 0 aliphatic carbocycles. The molecule has 0 atom stereocenters. The molecule has 1 aromatic rings. The Kier molecular flexibility index (Phi) is 1.92. The van der Waals surface area contributed by atoms with Crippen molar-refractivity contribution in [2.75, 3.05) is 5.73 Å². The van der Waals surface area contributed by atoms with Crippen molar-refractivity contribution in [2.45, 2.75) is 12.8 Å². The number of phenolic OH excluding ortho intramolecular Hbond substituents is 1. The molecular weight excluding hydrogens is 164 g/mol. The van der Waals surface area contributed by atoms with Crippen molar-refractivity contribution in [3.8, 4) is 5.75 Å². The van der Waals surface area contributed by atoms with Crippen molar-refractivity contribution < 1.29 is 13.9 Å². The second-order valence-corrected chi connectivity index (χ2v) is 2.66. The summed E-state index contributed by atoms with van der Waals surface area (Å²) in [6.45, 7) is 0.777. The van der Waals surface area contributed by atoms with Gasteiger partial charge >= 0.3 is 0 Å². The molecule has 0 amide bonds. The predicted octanol–water partition coefficient (Wildman–Crippen LogP) is 2.09. The number of rotatable bonds is 1. The lowest BCUT2D eigenvalue weighted by molar-refractivity contribution is 0.0175. The van der Waals surface area contributed by atoms with Gasteiger partial charge in [0.15, 0.2) is 0 Å². The first-order chi connectivity index (χ1) is 5.41. The van der Waals surface area contributed by atoms with E-state index in [9.17, 15) is 8.78 Å². The van der Waals surface area contributed by atoms with E-state index in [0.717, 1.165) is 25.1 Å². The zero-order valence-corrected chi connectivity index (χ0v) is 6.51. The molecule has 1 aromatic carbocycles. The van der Waals surface area contributed by atoms with Crippen LogP contribution in [0.3, 0.4) is 0 Å². The van der Waals surface area contributed by atoms with Gasteiger partial charge in [-0.05, 0) is 18.2 Å². The Morgan fingerprint density at radius 3 is 2.42 bits per heavy atom. The molecule has 0 saturated carbocycles. The number of aromatic hydroxyl groups is 1. The van der Waals surface area contributed by atoms with Crippen molar-refractivity contribution >= 4 is 5.69 Å². The van der Waals surface area contributed by atoms with Crippen LogP contribution in [0.1, 0.15) is 12.5 Å². The molecule has 0 aliphatic heterocycles. The van der Waals surface area contributed by atoms with Gasteiger partial charge in [0.2, 0.25) is 0 Å². The van der Waals surface area contributed by atoms with E-state index in [1.54, 1.807) is 0 Å². The Labute approximate surface area is 68.6 Å². The standard InChI is InChI=1S/C8H9F2NO/c1-8(9,10)5-2-3-7(12)6(11)4-5/h2-4,12H,11H2,1H3. The van der Waals surface area contributed by atoms with Crippen molar-refractivity contribution in [3.63, 3.8) is 0 Å². The van der Waals surface area contributed by atoms with Crippen molar-refractivity contribution in [3.05, 3.63) is 23.8 Å². The van der Waals surface area contributed by atoms with Crippen LogP contribution in [0.15, 0.2) is 18.2 Å². The van der Waals surface area contributed by atoms with Gasteiger partial charge in [-0.2, -0.15) is 0 Å². The minimum atomic E-state index is -2.91. The molecule has 2 nitrogen and oxygen atoms in total. The topological polar surface area (TPSA) is 46.2 Å². The SMILES string of the molecule is CC(F)(F)c1ccc(O)c(N)c1. The average Bonchev–Trinajstić information content (AvgIpc) is 1.92. The summed E-state index contributed by atoms with van der Waals surface area (Å²) in [6, 6.07) is 3.36. The highest BCUT2D eigenvalue weighted by atomic mass is 19.3. The number of hydrogen-bond donors (Lipinski definition) is 2. The maximum Gasteiger partial charge on any atom is 0.270 e. The fraction of sp³-hybridized carbons (Fsp3) is 0.250. The van der Waals surface area contributed by atoms with E-state index < -0.39 is 5.92 Å². The van der Waals surface area contributed by atoms with Crippen LogP contribution in [0.2, 0.25) is 0 Å². The lowest BCUT2D eigenvalue weighted by Gasteiger charge is -2.11. The zero-order valence-electron chi connectivity index (χ0n) is 6.51. The Morgan fingerprint density at radius 2 is 2.00 bits per heavy atom. The van der Waals surface area contributed by atoms with E-state index in [0.29, 0.717) is 0 Å². The van der Waals surface area contributed by atoms with Gasteiger partial charge in [0.05, 0.1) is 5.69 Å². The molecule has 66 valence electrons. The number of halogens is 2.